The molecule has 0 spiro atoms. The Balaban J connectivity index is 1.76. The first-order valence-corrected chi connectivity index (χ1v) is 13.2. The number of hydrogen-bond donors (Lipinski definition) is 0. The molecular formula is C34H37NO2. The molecule has 2 atom stereocenters. The molecule has 0 saturated carbocycles. The average molecular weight is 492 g/mol. The van der Waals surface area contributed by atoms with E-state index in [1.54, 1.807) is 0 Å². The summed E-state index contributed by atoms with van der Waals surface area (Å²) in [6.45, 7) is 5.87. The average Bonchev–Trinajstić information content (AvgIpc) is 2.94. The second kappa shape index (κ2) is 13.0. The van der Waals surface area contributed by atoms with Crippen molar-refractivity contribution in [1.82, 2.24) is 4.90 Å². The van der Waals surface area contributed by atoms with E-state index in [4.69, 9.17) is 4.74 Å². The first-order chi connectivity index (χ1) is 18.1. The normalized spacial score (nSPS) is 13.6. The molecule has 4 rings (SSSR count). The quantitative estimate of drug-likeness (QED) is 0.196. The smallest absolute Gasteiger partial charge is 0.316 e. The van der Waals surface area contributed by atoms with Gasteiger partial charge in [0.05, 0.1) is 12.0 Å². The first-order valence-electron chi connectivity index (χ1n) is 13.2. The van der Waals surface area contributed by atoms with Gasteiger partial charge in [-0.2, -0.15) is 0 Å². The van der Waals surface area contributed by atoms with Crippen LogP contribution in [-0.4, -0.2) is 23.5 Å². The third-order valence-corrected chi connectivity index (χ3v) is 7.07. The molecule has 3 nitrogen and oxygen atoms in total. The number of hydrogen-bond acceptors (Lipinski definition) is 3. The van der Waals surface area contributed by atoms with E-state index in [-0.39, 0.29) is 12.0 Å². The van der Waals surface area contributed by atoms with Gasteiger partial charge < -0.3 is 4.74 Å². The first kappa shape index (κ1) is 26.4. The van der Waals surface area contributed by atoms with Gasteiger partial charge in [-0.25, -0.2) is 0 Å². The molecular weight excluding hydrogens is 454 g/mol. The third-order valence-electron chi connectivity index (χ3n) is 7.07. The van der Waals surface area contributed by atoms with E-state index < -0.39 is 5.41 Å². The van der Waals surface area contributed by atoms with Crippen LogP contribution in [0, 0.1) is 0 Å². The van der Waals surface area contributed by atoms with Gasteiger partial charge in [-0.1, -0.05) is 121 Å². The lowest BCUT2D eigenvalue weighted by atomic mass is 9.75. The van der Waals surface area contributed by atoms with Crippen molar-refractivity contribution in [2.75, 3.05) is 6.61 Å². The maximum atomic E-state index is 13.6. The second-order valence-corrected chi connectivity index (χ2v) is 9.84. The molecule has 0 N–H and O–H groups in total. The number of carbonyl (C=O) groups is 1. The van der Waals surface area contributed by atoms with Gasteiger partial charge in [-0.05, 0) is 48.9 Å². The van der Waals surface area contributed by atoms with Crippen molar-refractivity contribution in [3.05, 3.63) is 144 Å². The Kier molecular flexibility index (Phi) is 9.29. The molecule has 0 bridgehead atoms. The Bertz CT molecular complexity index is 1170. The van der Waals surface area contributed by atoms with E-state index in [1.807, 2.05) is 32.0 Å². The van der Waals surface area contributed by atoms with Crippen LogP contribution in [0.1, 0.15) is 42.5 Å². The van der Waals surface area contributed by atoms with Gasteiger partial charge in [0.25, 0.3) is 0 Å². The Labute approximate surface area is 221 Å². The van der Waals surface area contributed by atoms with Gasteiger partial charge in [-0.15, -0.1) is 0 Å². The molecule has 0 aliphatic carbocycles. The minimum atomic E-state index is -0.775. The number of nitrogens with zero attached hydrogens (tertiary/aromatic N) is 1. The van der Waals surface area contributed by atoms with Gasteiger partial charge in [0.15, 0.2) is 0 Å². The van der Waals surface area contributed by atoms with E-state index in [1.165, 1.54) is 16.7 Å². The zero-order valence-corrected chi connectivity index (χ0v) is 21.9. The second-order valence-electron chi connectivity index (χ2n) is 9.84. The highest BCUT2D eigenvalue weighted by Gasteiger charge is 2.40. The summed E-state index contributed by atoms with van der Waals surface area (Å²) in [6, 6.07) is 42.0. The van der Waals surface area contributed by atoms with Gasteiger partial charge in [0.1, 0.15) is 0 Å². The highest BCUT2D eigenvalue weighted by atomic mass is 16.5. The standard InChI is InChI=1S/C34H37NO2/c1-3-37-33(36)34(2,31-22-14-7-15-23-31)25-32(24-28-16-8-4-9-17-28)35(26-29-18-10-5-11-19-29)27-30-20-12-6-13-21-30/h4-23,32H,3,24-27H2,1-2H3. The fourth-order valence-corrected chi connectivity index (χ4v) is 5.05. The van der Waals surface area contributed by atoms with Crippen LogP contribution in [0.2, 0.25) is 0 Å². The zero-order valence-electron chi connectivity index (χ0n) is 21.9. The summed E-state index contributed by atoms with van der Waals surface area (Å²) in [7, 11) is 0. The summed E-state index contributed by atoms with van der Waals surface area (Å²) in [4.78, 5) is 16.1. The lowest BCUT2D eigenvalue weighted by Crippen LogP contribution is -2.45. The van der Waals surface area contributed by atoms with E-state index in [0.717, 1.165) is 25.1 Å². The van der Waals surface area contributed by atoms with Crippen LogP contribution in [0.3, 0.4) is 0 Å². The number of carbonyl (C=O) groups excluding carboxylic acids is 1. The number of ether oxygens (including phenoxy) is 1. The molecule has 2 unspecified atom stereocenters. The van der Waals surface area contributed by atoms with E-state index in [0.29, 0.717) is 13.0 Å². The fourth-order valence-electron chi connectivity index (χ4n) is 5.05. The summed E-state index contributed by atoms with van der Waals surface area (Å²) >= 11 is 0. The molecule has 0 aliphatic heterocycles. The van der Waals surface area contributed by atoms with Crippen molar-refractivity contribution in [2.45, 2.75) is 51.2 Å². The summed E-state index contributed by atoms with van der Waals surface area (Å²) in [5.41, 5.74) is 3.99. The molecule has 0 aliphatic rings. The van der Waals surface area contributed by atoms with Crippen LogP contribution in [0.15, 0.2) is 121 Å². The monoisotopic (exact) mass is 491 g/mol. The number of benzene rings is 4. The van der Waals surface area contributed by atoms with Crippen molar-refractivity contribution in [3.8, 4) is 0 Å². The largest absolute Gasteiger partial charge is 0.465 e. The zero-order chi connectivity index (χ0) is 25.9. The SMILES string of the molecule is CCOC(=O)C(C)(CC(Cc1ccccc1)N(Cc1ccccc1)Cc1ccccc1)c1ccccc1. The molecule has 0 amide bonds. The Morgan fingerprint density at radius 2 is 1.14 bits per heavy atom. The topological polar surface area (TPSA) is 29.5 Å². The lowest BCUT2D eigenvalue weighted by Gasteiger charge is -2.38. The third kappa shape index (κ3) is 7.18. The van der Waals surface area contributed by atoms with Gasteiger partial charge in [0.2, 0.25) is 0 Å². The Hall–Kier alpha value is -3.69. The van der Waals surface area contributed by atoms with Crippen molar-refractivity contribution in [2.24, 2.45) is 0 Å². The predicted octanol–water partition coefficient (Wildman–Crippen LogP) is 7.21. The molecule has 4 aromatic carbocycles. The Morgan fingerprint density at radius 3 is 1.59 bits per heavy atom. The minimum absolute atomic E-state index is 0.0948. The van der Waals surface area contributed by atoms with Gasteiger partial charge in [0, 0.05) is 19.1 Å². The maximum absolute atomic E-state index is 13.6. The van der Waals surface area contributed by atoms with Crippen LogP contribution >= 0.6 is 0 Å². The van der Waals surface area contributed by atoms with Crippen molar-refractivity contribution in [3.63, 3.8) is 0 Å². The predicted molar refractivity (Wildman–Crippen MR) is 151 cm³/mol. The lowest BCUT2D eigenvalue weighted by molar-refractivity contribution is -0.150. The highest BCUT2D eigenvalue weighted by Crippen LogP contribution is 2.34. The van der Waals surface area contributed by atoms with Crippen molar-refractivity contribution >= 4 is 5.97 Å². The molecule has 0 fully saturated rings. The summed E-state index contributed by atoms with van der Waals surface area (Å²) < 4.78 is 5.67. The van der Waals surface area contributed by atoms with Crippen LogP contribution in [0.4, 0.5) is 0 Å². The van der Waals surface area contributed by atoms with E-state index in [2.05, 4.69) is 108 Å². The molecule has 3 heteroatoms. The van der Waals surface area contributed by atoms with E-state index in [9.17, 15) is 4.79 Å². The molecule has 4 aromatic rings. The minimum Gasteiger partial charge on any atom is -0.465 e. The number of esters is 1. The van der Waals surface area contributed by atoms with Crippen LogP contribution in [-0.2, 0) is 34.5 Å². The fraction of sp³-hybridized carbons (Fsp3) is 0.265. The molecule has 0 radical (unpaired) electrons. The molecule has 37 heavy (non-hydrogen) atoms. The molecule has 0 saturated heterocycles. The van der Waals surface area contributed by atoms with Crippen molar-refractivity contribution in [1.29, 1.82) is 0 Å². The molecule has 0 heterocycles. The van der Waals surface area contributed by atoms with E-state index >= 15 is 0 Å². The molecule has 190 valence electrons. The molecule has 0 aromatic heterocycles. The van der Waals surface area contributed by atoms with Crippen LogP contribution < -0.4 is 0 Å². The van der Waals surface area contributed by atoms with Crippen LogP contribution in [0.25, 0.3) is 0 Å². The summed E-state index contributed by atoms with van der Waals surface area (Å²) in [6.07, 6.45) is 1.48. The maximum Gasteiger partial charge on any atom is 0.316 e. The highest BCUT2D eigenvalue weighted by molar-refractivity contribution is 5.82. The van der Waals surface area contributed by atoms with Gasteiger partial charge >= 0.3 is 5.97 Å². The summed E-state index contributed by atoms with van der Waals surface area (Å²) in [5, 5.41) is 0. The van der Waals surface area contributed by atoms with Crippen molar-refractivity contribution < 1.29 is 9.53 Å². The summed E-state index contributed by atoms with van der Waals surface area (Å²) in [5.74, 6) is -0.168. The van der Waals surface area contributed by atoms with Gasteiger partial charge in [-0.3, -0.25) is 9.69 Å². The number of rotatable bonds is 12. The van der Waals surface area contributed by atoms with Crippen LogP contribution in [0.5, 0.6) is 0 Å². The Morgan fingerprint density at radius 1 is 0.703 bits per heavy atom.